The van der Waals surface area contributed by atoms with Gasteiger partial charge in [-0.2, -0.15) is 5.10 Å². The number of nitrogens with one attached hydrogen (secondary N) is 3. The minimum Gasteiger partial charge on any atom is -0.450 e. The maximum atomic E-state index is 11.9. The summed E-state index contributed by atoms with van der Waals surface area (Å²) in [5.41, 5.74) is 4.21. The first kappa shape index (κ1) is 22.7. The Labute approximate surface area is 184 Å². The Kier molecular flexibility index (Phi) is 7.92. The molecule has 1 fully saturated rings. The van der Waals surface area contributed by atoms with Gasteiger partial charge in [0.2, 0.25) is 0 Å². The topological polar surface area (TPSA) is 92.6 Å². The van der Waals surface area contributed by atoms with E-state index in [1.165, 1.54) is 0 Å². The maximum Gasteiger partial charge on any atom is 0.407 e. The number of para-hydroxylation sites is 1. The van der Waals surface area contributed by atoms with E-state index >= 15 is 0 Å². The fraction of sp³-hybridized carbons (Fsp3) is 0.522. The van der Waals surface area contributed by atoms with Gasteiger partial charge in [-0.25, -0.2) is 14.5 Å². The third-order valence-electron chi connectivity index (χ3n) is 5.24. The third-order valence-corrected chi connectivity index (χ3v) is 5.24. The number of hydrogen-bond donors (Lipinski definition) is 3. The van der Waals surface area contributed by atoms with Crippen molar-refractivity contribution in [2.24, 2.45) is 10.9 Å². The van der Waals surface area contributed by atoms with E-state index in [1.54, 1.807) is 0 Å². The second-order valence-corrected chi connectivity index (χ2v) is 7.85. The molecule has 0 spiro atoms. The zero-order valence-corrected chi connectivity index (χ0v) is 18.9. The Hall–Kier alpha value is -3.03. The van der Waals surface area contributed by atoms with Gasteiger partial charge in [-0.15, -0.1) is 0 Å². The van der Waals surface area contributed by atoms with Gasteiger partial charge in [0.15, 0.2) is 5.96 Å². The van der Waals surface area contributed by atoms with E-state index in [0.717, 1.165) is 48.0 Å². The van der Waals surface area contributed by atoms with Crippen LogP contribution in [0.1, 0.15) is 43.6 Å². The van der Waals surface area contributed by atoms with Crippen molar-refractivity contribution in [3.63, 3.8) is 0 Å². The second kappa shape index (κ2) is 10.8. The Morgan fingerprint density at radius 2 is 2.03 bits per heavy atom. The predicted molar refractivity (Wildman–Crippen MR) is 123 cm³/mol. The van der Waals surface area contributed by atoms with Gasteiger partial charge in [-0.1, -0.05) is 18.2 Å². The normalized spacial score (nSPS) is 14.8. The molecule has 1 unspecified atom stereocenters. The van der Waals surface area contributed by atoms with Gasteiger partial charge in [0.05, 0.1) is 30.6 Å². The Balaban J connectivity index is 1.69. The SMILES string of the molecule is CCNC(=NCc1ccccc1-n1nc(C)cc1C)NCC(NC(=O)OCC)C1CC1. The number of alkyl carbamates (subject to hydrolysis) is 1. The van der Waals surface area contributed by atoms with Gasteiger partial charge in [-0.05, 0) is 64.2 Å². The second-order valence-electron chi connectivity index (χ2n) is 7.85. The van der Waals surface area contributed by atoms with E-state index in [2.05, 4.69) is 46.2 Å². The van der Waals surface area contributed by atoms with Crippen molar-refractivity contribution in [3.05, 3.63) is 47.3 Å². The quantitative estimate of drug-likeness (QED) is 0.423. The number of amides is 1. The summed E-state index contributed by atoms with van der Waals surface area (Å²) in [6.07, 6.45) is 1.90. The van der Waals surface area contributed by atoms with Crippen molar-refractivity contribution >= 4 is 12.1 Å². The average molecular weight is 427 g/mol. The molecule has 1 heterocycles. The molecule has 1 aliphatic carbocycles. The lowest BCUT2D eigenvalue weighted by Crippen LogP contribution is -2.48. The summed E-state index contributed by atoms with van der Waals surface area (Å²) in [6, 6.07) is 10.3. The van der Waals surface area contributed by atoms with Gasteiger partial charge >= 0.3 is 6.09 Å². The van der Waals surface area contributed by atoms with Gasteiger partial charge in [-0.3, -0.25) is 0 Å². The molecule has 2 aromatic rings. The molecule has 3 rings (SSSR count). The van der Waals surface area contributed by atoms with Crippen LogP contribution in [0.5, 0.6) is 0 Å². The van der Waals surface area contributed by atoms with E-state index in [4.69, 9.17) is 9.73 Å². The summed E-state index contributed by atoms with van der Waals surface area (Å²) >= 11 is 0. The maximum absolute atomic E-state index is 11.9. The molecule has 168 valence electrons. The monoisotopic (exact) mass is 426 g/mol. The molecule has 8 heteroatoms. The molecule has 8 nitrogen and oxygen atoms in total. The van der Waals surface area contributed by atoms with E-state index < -0.39 is 0 Å². The van der Waals surface area contributed by atoms with Crippen molar-refractivity contribution in [1.82, 2.24) is 25.7 Å². The van der Waals surface area contributed by atoms with Crippen LogP contribution in [0.15, 0.2) is 35.3 Å². The first-order chi connectivity index (χ1) is 15.0. The summed E-state index contributed by atoms with van der Waals surface area (Å²) < 4.78 is 7.01. The third kappa shape index (κ3) is 6.47. The van der Waals surface area contributed by atoms with Crippen molar-refractivity contribution in [3.8, 4) is 5.69 Å². The highest BCUT2D eigenvalue weighted by atomic mass is 16.5. The minimum atomic E-state index is -0.359. The van der Waals surface area contributed by atoms with Crippen LogP contribution in [0.2, 0.25) is 0 Å². The number of guanidine groups is 1. The smallest absolute Gasteiger partial charge is 0.407 e. The zero-order chi connectivity index (χ0) is 22.2. The van der Waals surface area contributed by atoms with Crippen LogP contribution in [0.4, 0.5) is 4.79 Å². The molecule has 1 aromatic heterocycles. The van der Waals surface area contributed by atoms with Crippen molar-refractivity contribution in [1.29, 1.82) is 0 Å². The van der Waals surface area contributed by atoms with Crippen LogP contribution in [-0.4, -0.2) is 47.6 Å². The number of aromatic nitrogens is 2. The van der Waals surface area contributed by atoms with Gasteiger partial charge in [0.25, 0.3) is 0 Å². The summed E-state index contributed by atoms with van der Waals surface area (Å²) in [5, 5.41) is 14.3. The van der Waals surface area contributed by atoms with Crippen LogP contribution >= 0.6 is 0 Å². The number of rotatable bonds is 9. The fourth-order valence-electron chi connectivity index (χ4n) is 3.59. The summed E-state index contributed by atoms with van der Waals surface area (Å²) in [5.74, 6) is 1.22. The molecule has 0 bridgehead atoms. The molecule has 31 heavy (non-hydrogen) atoms. The lowest BCUT2D eigenvalue weighted by atomic mass is 10.1. The van der Waals surface area contributed by atoms with Gasteiger partial charge in [0, 0.05) is 18.8 Å². The molecular weight excluding hydrogens is 392 g/mol. The first-order valence-electron chi connectivity index (χ1n) is 11.1. The van der Waals surface area contributed by atoms with E-state index in [0.29, 0.717) is 25.6 Å². The van der Waals surface area contributed by atoms with Crippen molar-refractivity contribution < 1.29 is 9.53 Å². The molecule has 1 amide bonds. The molecule has 0 aliphatic heterocycles. The van der Waals surface area contributed by atoms with Crippen molar-refractivity contribution in [2.75, 3.05) is 19.7 Å². The highest BCUT2D eigenvalue weighted by Crippen LogP contribution is 2.32. The van der Waals surface area contributed by atoms with E-state index in [9.17, 15) is 4.79 Å². The van der Waals surface area contributed by atoms with Gasteiger partial charge in [0.1, 0.15) is 0 Å². The molecular formula is C23H34N6O2. The lowest BCUT2D eigenvalue weighted by molar-refractivity contribution is 0.146. The molecule has 3 N–H and O–H groups in total. The molecule has 1 saturated carbocycles. The summed E-state index contributed by atoms with van der Waals surface area (Å²) in [4.78, 5) is 16.6. The van der Waals surface area contributed by atoms with Crippen LogP contribution in [-0.2, 0) is 11.3 Å². The molecule has 1 aromatic carbocycles. The Morgan fingerprint density at radius 1 is 1.26 bits per heavy atom. The Bertz CT molecular complexity index is 903. The number of benzene rings is 1. The standard InChI is InChI=1S/C23H34N6O2/c1-5-24-22(26-15-20(18-11-12-18)27-23(30)31-6-2)25-14-19-9-7-8-10-21(19)29-17(4)13-16(3)28-29/h7-10,13,18,20H,5-6,11-12,14-15H2,1-4H3,(H,27,30)(H2,24,25,26). The number of hydrogen-bond acceptors (Lipinski definition) is 4. The number of aliphatic imine (C=N–C) groups is 1. The average Bonchev–Trinajstić information content (AvgIpc) is 3.53. The predicted octanol–water partition coefficient (Wildman–Crippen LogP) is 3.07. The van der Waals surface area contributed by atoms with Crippen LogP contribution in [0, 0.1) is 19.8 Å². The van der Waals surface area contributed by atoms with Crippen molar-refractivity contribution in [2.45, 2.75) is 53.1 Å². The molecule has 0 saturated heterocycles. The molecule has 0 radical (unpaired) electrons. The number of carbonyl (C=O) groups excluding carboxylic acids is 1. The zero-order valence-electron chi connectivity index (χ0n) is 18.9. The highest BCUT2D eigenvalue weighted by Gasteiger charge is 2.32. The van der Waals surface area contributed by atoms with Gasteiger partial charge < -0.3 is 20.7 Å². The largest absolute Gasteiger partial charge is 0.450 e. The number of aryl methyl sites for hydroxylation is 2. The Morgan fingerprint density at radius 3 is 2.68 bits per heavy atom. The van der Waals surface area contributed by atoms with Crippen LogP contribution < -0.4 is 16.0 Å². The van der Waals surface area contributed by atoms with E-state index in [1.807, 2.05) is 37.6 Å². The van der Waals surface area contributed by atoms with Crippen LogP contribution in [0.3, 0.4) is 0 Å². The molecule has 1 aliphatic rings. The summed E-state index contributed by atoms with van der Waals surface area (Å²) in [6.45, 7) is 10.1. The minimum absolute atomic E-state index is 0.0323. The first-order valence-corrected chi connectivity index (χ1v) is 11.1. The number of carbonyl (C=O) groups is 1. The number of ether oxygens (including phenoxy) is 1. The van der Waals surface area contributed by atoms with E-state index in [-0.39, 0.29) is 12.1 Å². The molecule has 1 atom stereocenters. The fourth-order valence-corrected chi connectivity index (χ4v) is 3.59. The number of nitrogens with zero attached hydrogens (tertiary/aromatic N) is 3. The lowest BCUT2D eigenvalue weighted by Gasteiger charge is -2.20. The summed E-state index contributed by atoms with van der Waals surface area (Å²) in [7, 11) is 0. The highest BCUT2D eigenvalue weighted by molar-refractivity contribution is 5.80. The van der Waals surface area contributed by atoms with Crippen LogP contribution in [0.25, 0.3) is 5.69 Å².